The molecule has 5 rings (SSSR count). The fourth-order valence-corrected chi connectivity index (χ4v) is 4.42. The first-order valence-electron chi connectivity index (χ1n) is 11.5. The number of benzene rings is 1. The Bertz CT molecular complexity index is 1290. The maximum atomic E-state index is 14.0. The highest BCUT2D eigenvalue weighted by Crippen LogP contribution is 2.36. The van der Waals surface area contributed by atoms with E-state index < -0.39 is 30.0 Å². The number of nitrogens with zero attached hydrogens (tertiary/aromatic N) is 3. The Morgan fingerprint density at radius 1 is 1.29 bits per heavy atom. The molecule has 2 amide bonds. The summed E-state index contributed by atoms with van der Waals surface area (Å²) in [7, 11) is 0. The SMILES string of the molecule is Cc1[nH]c2c(-c3ccc(F)cc3OCC3CC3)ncnc2c1C(=O)N[C@H]1CCN(C(=O)O)C[C@@H]1O. The molecule has 10 nitrogen and oxygen atoms in total. The smallest absolute Gasteiger partial charge is 0.407 e. The van der Waals surface area contributed by atoms with Gasteiger partial charge >= 0.3 is 6.09 Å². The summed E-state index contributed by atoms with van der Waals surface area (Å²) in [5, 5.41) is 22.3. The number of halogens is 1. The summed E-state index contributed by atoms with van der Waals surface area (Å²) in [6.07, 6.45) is 1.70. The average Bonchev–Trinajstić information content (AvgIpc) is 3.58. The average molecular weight is 484 g/mol. The minimum Gasteiger partial charge on any atom is -0.492 e. The molecule has 0 bridgehead atoms. The number of aliphatic hydroxyl groups is 1. The normalized spacial score (nSPS) is 20.1. The number of aromatic nitrogens is 3. The number of hydrogen-bond donors (Lipinski definition) is 4. The van der Waals surface area contributed by atoms with E-state index >= 15 is 0 Å². The third-order valence-corrected chi connectivity index (χ3v) is 6.54. The lowest BCUT2D eigenvalue weighted by molar-refractivity contribution is 0.0392. The highest BCUT2D eigenvalue weighted by Gasteiger charge is 2.32. The molecule has 1 aliphatic carbocycles. The summed E-state index contributed by atoms with van der Waals surface area (Å²) in [5.74, 6) is 0.0105. The van der Waals surface area contributed by atoms with Gasteiger partial charge in [0.05, 0.1) is 36.4 Å². The second-order valence-corrected chi connectivity index (χ2v) is 9.13. The van der Waals surface area contributed by atoms with Crippen molar-refractivity contribution in [1.82, 2.24) is 25.2 Å². The molecule has 0 radical (unpaired) electrons. The van der Waals surface area contributed by atoms with Crippen LogP contribution in [0.25, 0.3) is 22.3 Å². The summed E-state index contributed by atoms with van der Waals surface area (Å²) in [4.78, 5) is 37.4. The molecule has 1 aromatic carbocycles. The number of likely N-dealkylation sites (tertiary alicyclic amines) is 1. The lowest BCUT2D eigenvalue weighted by atomic mass is 10.0. The van der Waals surface area contributed by atoms with Crippen LogP contribution in [0.1, 0.15) is 35.3 Å². The van der Waals surface area contributed by atoms with Gasteiger partial charge in [0, 0.05) is 23.9 Å². The Morgan fingerprint density at radius 3 is 2.80 bits per heavy atom. The van der Waals surface area contributed by atoms with E-state index in [4.69, 9.17) is 9.84 Å². The zero-order valence-corrected chi connectivity index (χ0v) is 19.1. The number of nitrogens with one attached hydrogen (secondary N) is 2. The Kier molecular flexibility index (Phi) is 6.01. The van der Waals surface area contributed by atoms with Crippen molar-refractivity contribution < 1.29 is 28.9 Å². The molecule has 2 aromatic heterocycles. The Labute approximate surface area is 200 Å². The number of fused-ring (bicyclic) bond motifs is 1. The van der Waals surface area contributed by atoms with Gasteiger partial charge in [0.25, 0.3) is 5.91 Å². The van der Waals surface area contributed by atoms with E-state index in [9.17, 15) is 19.1 Å². The quantitative estimate of drug-likeness (QED) is 0.422. The van der Waals surface area contributed by atoms with Gasteiger partial charge in [-0.3, -0.25) is 4.79 Å². The van der Waals surface area contributed by atoms with Gasteiger partial charge in [-0.15, -0.1) is 0 Å². The van der Waals surface area contributed by atoms with Crippen molar-refractivity contribution in [3.05, 3.63) is 41.6 Å². The zero-order valence-electron chi connectivity index (χ0n) is 19.1. The number of hydrogen-bond acceptors (Lipinski definition) is 6. The molecule has 2 fully saturated rings. The molecular formula is C24H26FN5O5. The molecule has 11 heteroatoms. The number of amides is 2. The Balaban J connectivity index is 1.44. The predicted octanol–water partition coefficient (Wildman–Crippen LogP) is 2.70. The molecule has 2 atom stereocenters. The van der Waals surface area contributed by atoms with Gasteiger partial charge in [-0.1, -0.05) is 0 Å². The highest BCUT2D eigenvalue weighted by atomic mass is 19.1. The lowest BCUT2D eigenvalue weighted by Crippen LogP contribution is -2.55. The number of carbonyl (C=O) groups excluding carboxylic acids is 1. The molecule has 1 saturated heterocycles. The first-order chi connectivity index (χ1) is 16.8. The van der Waals surface area contributed by atoms with Crippen molar-refractivity contribution >= 4 is 23.0 Å². The largest absolute Gasteiger partial charge is 0.492 e. The van der Waals surface area contributed by atoms with Crippen molar-refractivity contribution in [2.45, 2.75) is 38.3 Å². The van der Waals surface area contributed by atoms with Crippen LogP contribution in [0.5, 0.6) is 5.75 Å². The van der Waals surface area contributed by atoms with E-state index in [0.29, 0.717) is 51.8 Å². The maximum Gasteiger partial charge on any atom is 0.407 e. The van der Waals surface area contributed by atoms with Gasteiger partial charge in [0.15, 0.2) is 0 Å². The number of β-amino-alcohol motifs (C(OH)–C–C–N with tert-alkyl or cyclic N) is 1. The molecule has 1 aliphatic heterocycles. The van der Waals surface area contributed by atoms with Crippen LogP contribution in [-0.2, 0) is 0 Å². The molecule has 2 aliphatic rings. The van der Waals surface area contributed by atoms with Crippen LogP contribution >= 0.6 is 0 Å². The van der Waals surface area contributed by atoms with Gasteiger partial charge in [-0.2, -0.15) is 0 Å². The summed E-state index contributed by atoms with van der Waals surface area (Å²) in [6, 6.07) is 3.67. The van der Waals surface area contributed by atoms with Crippen LogP contribution in [-0.4, -0.2) is 73.9 Å². The van der Waals surface area contributed by atoms with Crippen LogP contribution in [0.15, 0.2) is 24.5 Å². The minimum atomic E-state index is -1.10. The van der Waals surface area contributed by atoms with Crippen LogP contribution in [0.4, 0.5) is 9.18 Å². The van der Waals surface area contributed by atoms with Gasteiger partial charge in [-0.05, 0) is 44.2 Å². The lowest BCUT2D eigenvalue weighted by Gasteiger charge is -2.34. The standard InChI is InChI=1S/C24H26FN5O5/c1-12-19(23(32)29-16-6-7-30(24(33)34)9-17(16)31)21-22(28-12)20(26-11-27-21)15-5-4-14(25)8-18(15)35-10-13-2-3-13/h4-5,8,11,13,16-17,28,31H,2-3,6-7,9-10H2,1H3,(H,29,32)(H,33,34)/t16-,17-/m0/s1. The minimum absolute atomic E-state index is 0.0757. The molecule has 3 heterocycles. The van der Waals surface area contributed by atoms with Crippen molar-refractivity contribution in [1.29, 1.82) is 0 Å². The van der Waals surface area contributed by atoms with Gasteiger partial charge in [-0.25, -0.2) is 19.2 Å². The number of ether oxygens (including phenoxy) is 1. The zero-order chi connectivity index (χ0) is 24.7. The Morgan fingerprint density at radius 2 is 2.09 bits per heavy atom. The number of carboxylic acid groups (broad SMARTS) is 1. The molecular weight excluding hydrogens is 457 g/mol. The predicted molar refractivity (Wildman–Crippen MR) is 124 cm³/mol. The number of piperidine rings is 1. The molecule has 184 valence electrons. The van der Waals surface area contributed by atoms with E-state index in [2.05, 4.69) is 20.3 Å². The number of H-pyrrole nitrogens is 1. The number of rotatable bonds is 6. The van der Waals surface area contributed by atoms with Gasteiger partial charge < -0.3 is 30.2 Å². The second kappa shape index (κ2) is 9.14. The maximum absolute atomic E-state index is 14.0. The molecule has 0 spiro atoms. The number of aliphatic hydroxyl groups excluding tert-OH is 1. The second-order valence-electron chi connectivity index (χ2n) is 9.13. The first-order valence-corrected chi connectivity index (χ1v) is 11.5. The van der Waals surface area contributed by atoms with Crippen LogP contribution in [0.3, 0.4) is 0 Å². The van der Waals surface area contributed by atoms with E-state index in [1.165, 1.54) is 18.5 Å². The monoisotopic (exact) mass is 483 g/mol. The number of aryl methyl sites for hydroxylation is 1. The van der Waals surface area contributed by atoms with E-state index in [0.717, 1.165) is 17.7 Å². The number of aromatic amines is 1. The fraction of sp³-hybridized carbons (Fsp3) is 0.417. The summed E-state index contributed by atoms with van der Waals surface area (Å²) < 4.78 is 19.9. The summed E-state index contributed by atoms with van der Waals surface area (Å²) >= 11 is 0. The molecule has 0 unspecified atom stereocenters. The van der Waals surface area contributed by atoms with E-state index in [1.807, 2.05) is 0 Å². The van der Waals surface area contributed by atoms with Crippen LogP contribution in [0, 0.1) is 18.7 Å². The summed E-state index contributed by atoms with van der Waals surface area (Å²) in [6.45, 7) is 2.38. The third-order valence-electron chi connectivity index (χ3n) is 6.54. The molecule has 1 saturated carbocycles. The van der Waals surface area contributed by atoms with Crippen molar-refractivity contribution in [2.24, 2.45) is 5.92 Å². The van der Waals surface area contributed by atoms with Gasteiger partial charge in [0.1, 0.15) is 29.1 Å². The first kappa shape index (κ1) is 23.0. The van der Waals surface area contributed by atoms with Crippen LogP contribution in [0.2, 0.25) is 0 Å². The Hall–Kier alpha value is -3.73. The number of carbonyl (C=O) groups is 2. The molecule has 3 aromatic rings. The van der Waals surface area contributed by atoms with Crippen molar-refractivity contribution in [3.63, 3.8) is 0 Å². The molecule has 4 N–H and O–H groups in total. The van der Waals surface area contributed by atoms with Crippen molar-refractivity contribution in [3.8, 4) is 17.0 Å². The van der Waals surface area contributed by atoms with E-state index in [-0.39, 0.29) is 19.5 Å². The molecule has 35 heavy (non-hydrogen) atoms. The van der Waals surface area contributed by atoms with Crippen molar-refractivity contribution in [2.75, 3.05) is 19.7 Å². The van der Waals surface area contributed by atoms with Crippen LogP contribution < -0.4 is 10.1 Å². The summed E-state index contributed by atoms with van der Waals surface area (Å²) in [5.41, 5.74) is 2.83. The van der Waals surface area contributed by atoms with E-state index in [1.54, 1.807) is 13.0 Å². The van der Waals surface area contributed by atoms with Gasteiger partial charge in [0.2, 0.25) is 0 Å². The third kappa shape index (κ3) is 4.63. The highest BCUT2D eigenvalue weighted by molar-refractivity contribution is 6.09. The fourth-order valence-electron chi connectivity index (χ4n) is 4.42. The topological polar surface area (TPSA) is 141 Å².